The summed E-state index contributed by atoms with van der Waals surface area (Å²) in [6, 6.07) is 6.80. The monoisotopic (exact) mass is 252 g/mol. The van der Waals surface area contributed by atoms with Gasteiger partial charge in [0.2, 0.25) is 0 Å². The molecule has 1 aromatic carbocycles. The lowest BCUT2D eigenvalue weighted by Gasteiger charge is -2.05. The molecule has 0 spiro atoms. The first-order chi connectivity index (χ1) is 8.20. The Balaban J connectivity index is 2.01. The number of carbonyl (C=O) groups is 1. The van der Waals surface area contributed by atoms with Crippen molar-refractivity contribution in [3.63, 3.8) is 0 Å². The van der Waals surface area contributed by atoms with Gasteiger partial charge in [0.1, 0.15) is 11.6 Å². The highest BCUT2D eigenvalue weighted by Gasteiger charge is 2.15. The van der Waals surface area contributed by atoms with E-state index in [0.29, 0.717) is 11.0 Å². The lowest BCUT2D eigenvalue weighted by Crippen LogP contribution is -2.33. The number of aromatic nitrogens is 1. The van der Waals surface area contributed by atoms with E-state index in [1.165, 1.54) is 18.9 Å². The molecule has 2 aromatic rings. The van der Waals surface area contributed by atoms with Crippen LogP contribution in [0.15, 0.2) is 33.9 Å². The van der Waals surface area contributed by atoms with E-state index in [1.807, 2.05) is 24.3 Å². The van der Waals surface area contributed by atoms with Gasteiger partial charge in [0.05, 0.1) is 7.11 Å². The first kappa shape index (κ1) is 11.9. The Morgan fingerprint density at radius 2 is 2.35 bits per heavy atom. The number of para-hydroxylation sites is 2. The van der Waals surface area contributed by atoms with Gasteiger partial charge in [-0.3, -0.25) is 4.79 Å². The Hall–Kier alpha value is -1.53. The molecule has 90 valence electrons. The molecular weight excluding hydrogens is 240 g/mol. The molecule has 1 aromatic heterocycles. The number of esters is 1. The Kier molecular flexibility index (Phi) is 3.65. The molecule has 0 saturated heterocycles. The number of ether oxygens (including phenoxy) is 1. The Morgan fingerprint density at radius 1 is 1.59 bits per heavy atom. The van der Waals surface area contributed by atoms with E-state index in [0.717, 1.165) is 11.1 Å². The maximum absolute atomic E-state index is 11.1. The molecule has 0 bridgehead atoms. The summed E-state index contributed by atoms with van der Waals surface area (Å²) in [7, 11) is 1.31. The number of nitrogens with two attached hydrogens (primary N) is 1. The van der Waals surface area contributed by atoms with Crippen molar-refractivity contribution in [2.24, 2.45) is 5.73 Å². The van der Waals surface area contributed by atoms with Crippen LogP contribution in [0.4, 0.5) is 0 Å². The predicted molar refractivity (Wildman–Crippen MR) is 64.7 cm³/mol. The number of fused-ring (bicyclic) bond motifs is 1. The van der Waals surface area contributed by atoms with Crippen LogP contribution in [0.5, 0.6) is 0 Å². The molecule has 2 rings (SSSR count). The zero-order valence-electron chi connectivity index (χ0n) is 9.25. The first-order valence-electron chi connectivity index (χ1n) is 5.02. The highest BCUT2D eigenvalue weighted by molar-refractivity contribution is 7.99. The van der Waals surface area contributed by atoms with Gasteiger partial charge >= 0.3 is 5.97 Å². The quantitative estimate of drug-likeness (QED) is 0.655. The van der Waals surface area contributed by atoms with Gasteiger partial charge in [-0.05, 0) is 12.1 Å². The third-order valence-electron chi connectivity index (χ3n) is 2.16. The summed E-state index contributed by atoms with van der Waals surface area (Å²) in [4.78, 5) is 15.4. The van der Waals surface area contributed by atoms with Gasteiger partial charge in [-0.15, -0.1) is 0 Å². The van der Waals surface area contributed by atoms with Crippen LogP contribution in [-0.2, 0) is 9.53 Å². The zero-order valence-corrected chi connectivity index (χ0v) is 10.1. The minimum absolute atomic E-state index is 0.374. The SMILES string of the molecule is COC(=O)C(N)CSc1nc2ccccc2o1. The maximum Gasteiger partial charge on any atom is 0.323 e. The molecule has 0 saturated carbocycles. The molecule has 1 atom stereocenters. The minimum Gasteiger partial charge on any atom is -0.468 e. The Labute approximate surface area is 102 Å². The third-order valence-corrected chi connectivity index (χ3v) is 3.11. The van der Waals surface area contributed by atoms with Crippen LogP contribution in [-0.4, -0.2) is 29.9 Å². The van der Waals surface area contributed by atoms with Crippen molar-refractivity contribution >= 4 is 28.8 Å². The van der Waals surface area contributed by atoms with E-state index in [9.17, 15) is 4.79 Å². The van der Waals surface area contributed by atoms with E-state index in [-0.39, 0.29) is 0 Å². The molecule has 1 unspecified atom stereocenters. The van der Waals surface area contributed by atoms with Gasteiger partial charge in [-0.2, -0.15) is 0 Å². The standard InChI is InChI=1S/C11H12N2O3S/c1-15-10(14)7(12)6-17-11-13-8-4-2-3-5-9(8)16-11/h2-5,7H,6,12H2,1H3. The number of rotatable bonds is 4. The van der Waals surface area contributed by atoms with E-state index in [1.54, 1.807) is 0 Å². The summed E-state index contributed by atoms with van der Waals surface area (Å²) in [5, 5.41) is 0.505. The molecule has 0 aliphatic rings. The number of thioether (sulfide) groups is 1. The number of methoxy groups -OCH3 is 1. The van der Waals surface area contributed by atoms with Crippen molar-refractivity contribution in [1.29, 1.82) is 0 Å². The molecule has 1 heterocycles. The van der Waals surface area contributed by atoms with E-state index in [4.69, 9.17) is 10.2 Å². The van der Waals surface area contributed by atoms with Crippen molar-refractivity contribution < 1.29 is 13.9 Å². The summed E-state index contributed by atoms with van der Waals surface area (Å²) < 4.78 is 10.0. The van der Waals surface area contributed by atoms with Crippen LogP contribution in [0.2, 0.25) is 0 Å². The molecule has 0 fully saturated rings. The van der Waals surface area contributed by atoms with Gasteiger partial charge in [0, 0.05) is 5.75 Å². The van der Waals surface area contributed by atoms with Crippen molar-refractivity contribution in [1.82, 2.24) is 4.98 Å². The van der Waals surface area contributed by atoms with E-state index in [2.05, 4.69) is 9.72 Å². The number of benzene rings is 1. The Morgan fingerprint density at radius 3 is 3.06 bits per heavy atom. The molecule has 6 heteroatoms. The van der Waals surface area contributed by atoms with Crippen molar-refractivity contribution in [3.8, 4) is 0 Å². The molecule has 0 amide bonds. The largest absolute Gasteiger partial charge is 0.468 e. The number of hydrogen-bond acceptors (Lipinski definition) is 6. The molecule has 0 aliphatic carbocycles. The van der Waals surface area contributed by atoms with Crippen LogP contribution in [0.3, 0.4) is 0 Å². The predicted octanol–water partition coefficient (Wildman–Crippen LogP) is 1.42. The van der Waals surface area contributed by atoms with Gasteiger partial charge in [-0.25, -0.2) is 4.98 Å². The normalized spacial score (nSPS) is 12.6. The highest BCUT2D eigenvalue weighted by atomic mass is 32.2. The number of hydrogen-bond donors (Lipinski definition) is 1. The van der Waals surface area contributed by atoms with Crippen molar-refractivity contribution in [2.75, 3.05) is 12.9 Å². The Bertz CT molecular complexity index is 493. The third kappa shape index (κ3) is 2.78. The summed E-state index contributed by atoms with van der Waals surface area (Å²) in [6.45, 7) is 0. The van der Waals surface area contributed by atoms with Crippen LogP contribution in [0.1, 0.15) is 0 Å². The molecule has 0 radical (unpaired) electrons. The van der Waals surface area contributed by atoms with Gasteiger partial charge in [0.15, 0.2) is 5.58 Å². The summed E-state index contributed by atoms with van der Waals surface area (Å²) >= 11 is 1.29. The van der Waals surface area contributed by atoms with Crippen molar-refractivity contribution in [3.05, 3.63) is 24.3 Å². The summed E-state index contributed by atoms with van der Waals surface area (Å²) in [6.07, 6.45) is 0. The molecule has 0 aliphatic heterocycles. The van der Waals surface area contributed by atoms with Gasteiger partial charge in [-0.1, -0.05) is 23.9 Å². The van der Waals surface area contributed by atoms with Crippen LogP contribution in [0, 0.1) is 0 Å². The first-order valence-corrected chi connectivity index (χ1v) is 6.01. The summed E-state index contributed by atoms with van der Waals surface area (Å²) in [5.74, 6) is -0.0620. The molecular formula is C11H12N2O3S. The average Bonchev–Trinajstić information content (AvgIpc) is 2.77. The minimum atomic E-state index is -0.667. The fourth-order valence-corrected chi connectivity index (χ4v) is 2.06. The number of oxazole rings is 1. The highest BCUT2D eigenvalue weighted by Crippen LogP contribution is 2.23. The average molecular weight is 252 g/mol. The van der Waals surface area contributed by atoms with Crippen molar-refractivity contribution in [2.45, 2.75) is 11.3 Å². The fourth-order valence-electron chi connectivity index (χ4n) is 1.29. The molecule has 5 nitrogen and oxygen atoms in total. The topological polar surface area (TPSA) is 78.4 Å². The lowest BCUT2D eigenvalue weighted by molar-refractivity contribution is -0.141. The van der Waals surface area contributed by atoms with Gasteiger partial charge < -0.3 is 14.9 Å². The van der Waals surface area contributed by atoms with Crippen LogP contribution >= 0.6 is 11.8 Å². The molecule has 2 N–H and O–H groups in total. The van der Waals surface area contributed by atoms with Crippen LogP contribution < -0.4 is 5.73 Å². The van der Waals surface area contributed by atoms with E-state index >= 15 is 0 Å². The second kappa shape index (κ2) is 5.20. The van der Waals surface area contributed by atoms with E-state index < -0.39 is 12.0 Å². The maximum atomic E-state index is 11.1. The zero-order chi connectivity index (χ0) is 12.3. The second-order valence-electron chi connectivity index (χ2n) is 3.39. The summed E-state index contributed by atoms with van der Waals surface area (Å²) in [5.41, 5.74) is 7.12. The molecule has 17 heavy (non-hydrogen) atoms. The lowest BCUT2D eigenvalue weighted by atomic mass is 10.3. The second-order valence-corrected chi connectivity index (χ2v) is 4.36. The number of nitrogens with zero attached hydrogens (tertiary/aromatic N) is 1. The smallest absolute Gasteiger partial charge is 0.323 e. The number of carbonyl (C=O) groups excluding carboxylic acids is 1. The van der Waals surface area contributed by atoms with Gasteiger partial charge in [0.25, 0.3) is 5.22 Å². The fraction of sp³-hybridized carbons (Fsp3) is 0.273. The van der Waals surface area contributed by atoms with Crippen LogP contribution in [0.25, 0.3) is 11.1 Å².